The van der Waals surface area contributed by atoms with E-state index in [2.05, 4.69) is 15.5 Å². The highest BCUT2D eigenvalue weighted by Crippen LogP contribution is 2.19. The summed E-state index contributed by atoms with van der Waals surface area (Å²) in [6.07, 6.45) is 3.53. The minimum Gasteiger partial charge on any atom is -0.466 e. The van der Waals surface area contributed by atoms with Gasteiger partial charge in [-0.3, -0.25) is 10.2 Å². The number of carbonyl (C=O) groups excluding carboxylic acids is 1. The van der Waals surface area contributed by atoms with Gasteiger partial charge in [0, 0.05) is 16.3 Å². The SMILES string of the molecule is CCOC(=O)Cc1csc(NN=Cc2cccc3occc23)n1. The Balaban J connectivity index is 1.63. The molecule has 0 atom stereocenters. The van der Waals surface area contributed by atoms with E-state index in [0.29, 0.717) is 17.4 Å². The second-order valence-electron chi connectivity index (χ2n) is 4.68. The molecule has 3 rings (SSSR count). The Bertz CT molecular complexity index is 838. The van der Waals surface area contributed by atoms with E-state index in [0.717, 1.165) is 16.5 Å². The van der Waals surface area contributed by atoms with Crippen molar-refractivity contribution >= 4 is 39.6 Å². The van der Waals surface area contributed by atoms with E-state index < -0.39 is 0 Å². The van der Waals surface area contributed by atoms with E-state index in [1.165, 1.54) is 11.3 Å². The quantitative estimate of drug-likeness (QED) is 0.426. The summed E-state index contributed by atoms with van der Waals surface area (Å²) in [5.41, 5.74) is 5.31. The van der Waals surface area contributed by atoms with Crippen LogP contribution in [-0.2, 0) is 16.0 Å². The Hall–Kier alpha value is -2.67. The van der Waals surface area contributed by atoms with Crippen LogP contribution in [0.1, 0.15) is 18.2 Å². The number of aromatic nitrogens is 1. The number of fused-ring (bicyclic) bond motifs is 1. The van der Waals surface area contributed by atoms with Gasteiger partial charge in [-0.05, 0) is 19.1 Å². The molecule has 0 saturated heterocycles. The van der Waals surface area contributed by atoms with E-state index in [4.69, 9.17) is 9.15 Å². The normalized spacial score (nSPS) is 11.2. The second kappa shape index (κ2) is 7.06. The summed E-state index contributed by atoms with van der Waals surface area (Å²) < 4.78 is 10.2. The first-order chi connectivity index (χ1) is 11.3. The minimum absolute atomic E-state index is 0.171. The van der Waals surface area contributed by atoms with Crippen molar-refractivity contribution in [3.05, 3.63) is 47.2 Å². The summed E-state index contributed by atoms with van der Waals surface area (Å²) in [7, 11) is 0. The van der Waals surface area contributed by atoms with E-state index >= 15 is 0 Å². The van der Waals surface area contributed by atoms with Gasteiger partial charge >= 0.3 is 5.97 Å². The highest BCUT2D eigenvalue weighted by Gasteiger charge is 2.08. The van der Waals surface area contributed by atoms with Gasteiger partial charge in [-0.15, -0.1) is 11.3 Å². The van der Waals surface area contributed by atoms with Crippen molar-refractivity contribution in [2.45, 2.75) is 13.3 Å². The standard InChI is InChI=1S/C16H15N3O3S/c1-2-21-15(20)8-12-10-23-16(18-12)19-17-9-11-4-3-5-14-13(11)6-7-22-14/h3-7,9-10H,2,8H2,1H3,(H,18,19). The number of hydrogen-bond donors (Lipinski definition) is 1. The molecule has 1 N–H and O–H groups in total. The third kappa shape index (κ3) is 3.75. The molecule has 7 heteroatoms. The number of nitrogens with zero attached hydrogens (tertiary/aromatic N) is 2. The first kappa shape index (κ1) is 15.2. The maximum atomic E-state index is 11.4. The van der Waals surface area contributed by atoms with Crippen LogP contribution in [0.25, 0.3) is 11.0 Å². The van der Waals surface area contributed by atoms with Crippen molar-refractivity contribution in [2.75, 3.05) is 12.0 Å². The van der Waals surface area contributed by atoms with Crippen molar-refractivity contribution < 1.29 is 13.9 Å². The van der Waals surface area contributed by atoms with Crippen LogP contribution in [0.5, 0.6) is 0 Å². The number of esters is 1. The van der Waals surface area contributed by atoms with Gasteiger partial charge in [-0.2, -0.15) is 5.10 Å². The van der Waals surface area contributed by atoms with E-state index in [1.807, 2.05) is 29.6 Å². The van der Waals surface area contributed by atoms with Crippen LogP contribution in [0, 0.1) is 0 Å². The summed E-state index contributed by atoms with van der Waals surface area (Å²) in [6, 6.07) is 7.67. The molecular weight excluding hydrogens is 314 g/mol. The topological polar surface area (TPSA) is 76.7 Å². The number of hydrazone groups is 1. The molecule has 1 aromatic carbocycles. The molecule has 118 valence electrons. The van der Waals surface area contributed by atoms with Gasteiger partial charge in [0.15, 0.2) is 0 Å². The van der Waals surface area contributed by atoms with Crippen LogP contribution in [-0.4, -0.2) is 23.8 Å². The lowest BCUT2D eigenvalue weighted by atomic mass is 10.1. The number of carbonyl (C=O) groups is 1. The van der Waals surface area contributed by atoms with Gasteiger partial charge in [0.25, 0.3) is 0 Å². The average molecular weight is 329 g/mol. The molecule has 3 aromatic rings. The van der Waals surface area contributed by atoms with Crippen LogP contribution in [0.3, 0.4) is 0 Å². The van der Waals surface area contributed by atoms with Gasteiger partial charge < -0.3 is 9.15 Å². The summed E-state index contributed by atoms with van der Waals surface area (Å²) in [4.78, 5) is 15.7. The van der Waals surface area contributed by atoms with Crippen molar-refractivity contribution in [3.63, 3.8) is 0 Å². The lowest BCUT2D eigenvalue weighted by Gasteiger charge is -1.98. The average Bonchev–Trinajstić information content (AvgIpc) is 3.17. The zero-order valence-electron chi connectivity index (χ0n) is 12.5. The zero-order chi connectivity index (χ0) is 16.1. The Morgan fingerprint density at radius 2 is 2.39 bits per heavy atom. The Kier molecular flexibility index (Phi) is 4.68. The highest BCUT2D eigenvalue weighted by molar-refractivity contribution is 7.13. The smallest absolute Gasteiger partial charge is 0.311 e. The first-order valence-corrected chi connectivity index (χ1v) is 7.99. The highest BCUT2D eigenvalue weighted by atomic mass is 32.1. The summed E-state index contributed by atoms with van der Waals surface area (Å²) in [5.74, 6) is -0.278. The molecule has 0 amide bonds. The van der Waals surface area contributed by atoms with Crippen LogP contribution < -0.4 is 5.43 Å². The predicted molar refractivity (Wildman–Crippen MR) is 89.9 cm³/mol. The molecule has 0 saturated carbocycles. The maximum Gasteiger partial charge on any atom is 0.311 e. The fourth-order valence-electron chi connectivity index (χ4n) is 2.09. The molecule has 2 aromatic heterocycles. The Labute approximate surface area is 136 Å². The molecule has 0 aliphatic rings. The van der Waals surface area contributed by atoms with Crippen LogP contribution in [0.2, 0.25) is 0 Å². The van der Waals surface area contributed by atoms with Gasteiger partial charge in [0.2, 0.25) is 5.13 Å². The summed E-state index contributed by atoms with van der Waals surface area (Å²) in [6.45, 7) is 2.15. The van der Waals surface area contributed by atoms with Gasteiger partial charge in [0.05, 0.1) is 31.2 Å². The molecule has 2 heterocycles. The van der Waals surface area contributed by atoms with E-state index in [-0.39, 0.29) is 12.4 Å². The van der Waals surface area contributed by atoms with Gasteiger partial charge in [0.1, 0.15) is 5.58 Å². The predicted octanol–water partition coefficient (Wildman–Crippen LogP) is 3.44. The fraction of sp³-hybridized carbons (Fsp3) is 0.188. The molecule has 0 unspecified atom stereocenters. The number of rotatable bonds is 6. The second-order valence-corrected chi connectivity index (χ2v) is 5.53. The summed E-state index contributed by atoms with van der Waals surface area (Å²) in [5, 5.41) is 7.62. The van der Waals surface area contributed by atoms with Crippen molar-refractivity contribution in [1.29, 1.82) is 0 Å². The fourth-order valence-corrected chi connectivity index (χ4v) is 2.75. The van der Waals surface area contributed by atoms with E-state index in [1.54, 1.807) is 19.4 Å². The number of anilines is 1. The maximum absolute atomic E-state index is 11.4. The number of hydrogen-bond acceptors (Lipinski definition) is 7. The van der Waals surface area contributed by atoms with Crippen molar-refractivity contribution in [3.8, 4) is 0 Å². The van der Waals surface area contributed by atoms with Crippen molar-refractivity contribution in [1.82, 2.24) is 4.98 Å². The van der Waals surface area contributed by atoms with E-state index in [9.17, 15) is 4.79 Å². The first-order valence-electron chi connectivity index (χ1n) is 7.11. The summed E-state index contributed by atoms with van der Waals surface area (Å²) >= 11 is 1.39. The number of benzene rings is 1. The minimum atomic E-state index is -0.278. The van der Waals surface area contributed by atoms with Gasteiger partial charge in [-0.1, -0.05) is 12.1 Å². The molecule has 0 aliphatic carbocycles. The molecule has 6 nitrogen and oxygen atoms in total. The molecule has 0 spiro atoms. The number of nitrogens with one attached hydrogen (secondary N) is 1. The zero-order valence-corrected chi connectivity index (χ0v) is 13.3. The Morgan fingerprint density at radius 1 is 1.48 bits per heavy atom. The molecule has 23 heavy (non-hydrogen) atoms. The number of furan rings is 1. The number of ether oxygens (including phenoxy) is 1. The van der Waals surface area contributed by atoms with Crippen LogP contribution in [0.4, 0.5) is 5.13 Å². The van der Waals surface area contributed by atoms with Crippen LogP contribution >= 0.6 is 11.3 Å². The lowest BCUT2D eigenvalue weighted by Crippen LogP contribution is -2.07. The lowest BCUT2D eigenvalue weighted by molar-refractivity contribution is -0.142. The third-order valence-corrected chi connectivity index (χ3v) is 3.87. The molecule has 0 fully saturated rings. The number of thiazole rings is 1. The largest absolute Gasteiger partial charge is 0.466 e. The molecular formula is C16H15N3O3S. The van der Waals surface area contributed by atoms with Crippen molar-refractivity contribution in [2.24, 2.45) is 5.10 Å². The van der Waals surface area contributed by atoms with Crippen LogP contribution in [0.15, 0.2) is 45.4 Å². The Morgan fingerprint density at radius 3 is 3.26 bits per heavy atom. The van der Waals surface area contributed by atoms with Gasteiger partial charge in [-0.25, -0.2) is 4.98 Å². The monoisotopic (exact) mass is 329 g/mol. The molecule has 0 aliphatic heterocycles. The molecule has 0 bridgehead atoms. The molecule has 0 radical (unpaired) electrons. The third-order valence-electron chi connectivity index (χ3n) is 3.08.